The Morgan fingerprint density at radius 1 is 1.21 bits per heavy atom. The molecule has 156 valence electrons. The highest BCUT2D eigenvalue weighted by Gasteiger charge is 2.25. The lowest BCUT2D eigenvalue weighted by molar-refractivity contribution is -0.117. The van der Waals surface area contributed by atoms with Crippen LogP contribution < -0.4 is 5.32 Å². The minimum atomic E-state index is -0.318. The van der Waals surface area contributed by atoms with Crippen molar-refractivity contribution in [1.29, 1.82) is 0 Å². The van der Waals surface area contributed by atoms with Crippen molar-refractivity contribution >= 4 is 17.6 Å². The van der Waals surface area contributed by atoms with Crippen LogP contribution in [0.1, 0.15) is 54.9 Å². The van der Waals surface area contributed by atoms with E-state index in [2.05, 4.69) is 17.4 Å². The van der Waals surface area contributed by atoms with E-state index >= 15 is 0 Å². The van der Waals surface area contributed by atoms with Crippen molar-refractivity contribution in [3.8, 4) is 0 Å². The second kappa shape index (κ2) is 10.8. The number of carbonyl (C=O) groups excluding carboxylic acids is 2. The SMILES string of the molecule is CCCCCc1ccc(C(=O)N(CC(=O)Nc2ccon2)CC2CCCO2)cc1. The fourth-order valence-electron chi connectivity index (χ4n) is 3.46. The van der Waals surface area contributed by atoms with Gasteiger partial charge in [0.25, 0.3) is 5.91 Å². The molecule has 2 heterocycles. The Morgan fingerprint density at radius 3 is 2.69 bits per heavy atom. The molecule has 1 saturated heterocycles. The number of benzene rings is 1. The molecular formula is C22H29N3O4. The van der Waals surface area contributed by atoms with Crippen molar-refractivity contribution < 1.29 is 18.8 Å². The van der Waals surface area contributed by atoms with Crippen LogP contribution in [0.5, 0.6) is 0 Å². The van der Waals surface area contributed by atoms with E-state index in [1.54, 1.807) is 11.0 Å². The molecule has 0 radical (unpaired) electrons. The van der Waals surface area contributed by atoms with E-state index in [0.29, 0.717) is 24.5 Å². The first-order valence-corrected chi connectivity index (χ1v) is 10.4. The van der Waals surface area contributed by atoms with E-state index in [-0.39, 0.29) is 24.5 Å². The molecule has 1 aliphatic rings. The number of unbranched alkanes of at least 4 members (excludes halogenated alkanes) is 2. The molecule has 1 unspecified atom stereocenters. The molecule has 2 amide bonds. The Labute approximate surface area is 171 Å². The number of anilines is 1. The van der Waals surface area contributed by atoms with Gasteiger partial charge in [-0.25, -0.2) is 0 Å². The summed E-state index contributed by atoms with van der Waals surface area (Å²) in [6, 6.07) is 9.26. The minimum Gasteiger partial charge on any atom is -0.376 e. The maximum absolute atomic E-state index is 13.1. The maximum Gasteiger partial charge on any atom is 0.254 e. The van der Waals surface area contributed by atoms with Crippen molar-refractivity contribution in [2.24, 2.45) is 0 Å². The zero-order chi connectivity index (χ0) is 20.5. The van der Waals surface area contributed by atoms with Crippen LogP contribution in [0.3, 0.4) is 0 Å². The first-order valence-electron chi connectivity index (χ1n) is 10.4. The number of rotatable bonds is 10. The largest absolute Gasteiger partial charge is 0.376 e. The number of nitrogens with one attached hydrogen (secondary N) is 1. The van der Waals surface area contributed by atoms with E-state index in [1.165, 1.54) is 24.7 Å². The summed E-state index contributed by atoms with van der Waals surface area (Å²) in [5, 5.41) is 6.32. The van der Waals surface area contributed by atoms with Crippen molar-refractivity contribution in [2.75, 3.05) is 25.0 Å². The van der Waals surface area contributed by atoms with Crippen molar-refractivity contribution in [3.05, 3.63) is 47.7 Å². The molecular weight excluding hydrogens is 370 g/mol. The average Bonchev–Trinajstić information content (AvgIpc) is 3.42. The predicted octanol–water partition coefficient (Wildman–Crippen LogP) is 3.67. The molecule has 1 aliphatic heterocycles. The van der Waals surface area contributed by atoms with Gasteiger partial charge in [-0.2, -0.15) is 0 Å². The van der Waals surface area contributed by atoms with Crippen LogP contribution in [0.15, 0.2) is 41.1 Å². The fraction of sp³-hybridized carbons (Fsp3) is 0.500. The van der Waals surface area contributed by atoms with Gasteiger partial charge < -0.3 is 19.5 Å². The number of nitrogens with zero attached hydrogens (tertiary/aromatic N) is 2. The minimum absolute atomic E-state index is 0.0351. The molecule has 0 spiro atoms. The van der Waals surface area contributed by atoms with Gasteiger partial charge >= 0.3 is 0 Å². The molecule has 0 bridgehead atoms. The Kier molecular flexibility index (Phi) is 7.81. The topological polar surface area (TPSA) is 84.7 Å². The standard InChI is InChI=1S/C22H29N3O4/c1-2-3-4-6-17-8-10-18(11-9-17)22(27)25(15-19-7-5-13-28-19)16-21(26)23-20-12-14-29-24-20/h8-12,14,19H,2-7,13,15-16H2,1H3,(H,23,24,26). The van der Waals surface area contributed by atoms with Crippen molar-refractivity contribution in [1.82, 2.24) is 10.1 Å². The summed E-state index contributed by atoms with van der Waals surface area (Å²) in [5.41, 5.74) is 1.81. The summed E-state index contributed by atoms with van der Waals surface area (Å²) in [4.78, 5) is 27.1. The molecule has 1 fully saturated rings. The van der Waals surface area contributed by atoms with Crippen LogP contribution in [0.2, 0.25) is 0 Å². The van der Waals surface area contributed by atoms with Gasteiger partial charge in [-0.05, 0) is 43.4 Å². The van der Waals surface area contributed by atoms with Crippen LogP contribution in [0.25, 0.3) is 0 Å². The summed E-state index contributed by atoms with van der Waals surface area (Å²) < 4.78 is 10.4. The quantitative estimate of drug-likeness (QED) is 0.616. The highest BCUT2D eigenvalue weighted by atomic mass is 16.5. The normalized spacial score (nSPS) is 16.0. The molecule has 2 aromatic rings. The number of carbonyl (C=O) groups is 2. The van der Waals surface area contributed by atoms with Gasteiger partial charge in [-0.3, -0.25) is 9.59 Å². The third-order valence-electron chi connectivity index (χ3n) is 5.04. The predicted molar refractivity (Wildman–Crippen MR) is 110 cm³/mol. The highest BCUT2D eigenvalue weighted by Crippen LogP contribution is 2.16. The number of aromatic nitrogens is 1. The lowest BCUT2D eigenvalue weighted by Crippen LogP contribution is -2.42. The highest BCUT2D eigenvalue weighted by molar-refractivity contribution is 5.99. The van der Waals surface area contributed by atoms with Gasteiger partial charge in [0.1, 0.15) is 12.8 Å². The third kappa shape index (κ3) is 6.42. The van der Waals surface area contributed by atoms with Gasteiger partial charge in [-0.1, -0.05) is 37.1 Å². The van der Waals surface area contributed by atoms with Gasteiger partial charge in [0.2, 0.25) is 5.91 Å². The van der Waals surface area contributed by atoms with Crippen molar-refractivity contribution in [2.45, 2.75) is 51.6 Å². The van der Waals surface area contributed by atoms with Gasteiger partial charge in [0.15, 0.2) is 5.82 Å². The summed E-state index contributed by atoms with van der Waals surface area (Å²) in [5.74, 6) is -0.159. The summed E-state index contributed by atoms with van der Waals surface area (Å²) >= 11 is 0. The summed E-state index contributed by atoms with van der Waals surface area (Å²) in [6.45, 7) is 3.21. The van der Waals surface area contributed by atoms with Gasteiger partial charge in [0, 0.05) is 24.8 Å². The first-order chi connectivity index (χ1) is 14.2. The smallest absolute Gasteiger partial charge is 0.254 e. The van der Waals surface area contributed by atoms with E-state index in [1.807, 2.05) is 24.3 Å². The van der Waals surface area contributed by atoms with Crippen LogP contribution in [0.4, 0.5) is 5.82 Å². The number of aryl methyl sites for hydroxylation is 1. The van der Waals surface area contributed by atoms with Crippen molar-refractivity contribution in [3.63, 3.8) is 0 Å². The molecule has 1 atom stereocenters. The molecule has 29 heavy (non-hydrogen) atoms. The lowest BCUT2D eigenvalue weighted by atomic mass is 10.0. The Hall–Kier alpha value is -2.67. The molecule has 1 aromatic carbocycles. The second-order valence-electron chi connectivity index (χ2n) is 7.41. The van der Waals surface area contributed by atoms with E-state index in [9.17, 15) is 9.59 Å². The number of ether oxygens (including phenoxy) is 1. The number of hydrogen-bond acceptors (Lipinski definition) is 5. The van der Waals surface area contributed by atoms with Gasteiger partial charge in [0.05, 0.1) is 6.10 Å². The van der Waals surface area contributed by atoms with E-state index in [4.69, 9.17) is 9.26 Å². The Morgan fingerprint density at radius 2 is 2.03 bits per heavy atom. The summed E-state index contributed by atoms with van der Waals surface area (Å²) in [6.07, 6.45) is 7.77. The van der Waals surface area contributed by atoms with Crippen LogP contribution in [0, 0.1) is 0 Å². The van der Waals surface area contributed by atoms with E-state index < -0.39 is 0 Å². The Bertz CT molecular complexity index is 768. The molecule has 0 aliphatic carbocycles. The lowest BCUT2D eigenvalue weighted by Gasteiger charge is -2.25. The Balaban J connectivity index is 1.65. The van der Waals surface area contributed by atoms with Crippen LogP contribution in [-0.4, -0.2) is 47.7 Å². The fourth-order valence-corrected chi connectivity index (χ4v) is 3.46. The molecule has 0 saturated carbocycles. The molecule has 3 rings (SSSR count). The molecule has 7 heteroatoms. The zero-order valence-electron chi connectivity index (χ0n) is 16.9. The van der Waals surface area contributed by atoms with E-state index in [0.717, 1.165) is 25.7 Å². The molecule has 7 nitrogen and oxygen atoms in total. The van der Waals surface area contributed by atoms with Crippen LogP contribution in [-0.2, 0) is 16.0 Å². The average molecular weight is 399 g/mol. The number of hydrogen-bond donors (Lipinski definition) is 1. The zero-order valence-corrected chi connectivity index (χ0v) is 16.9. The summed E-state index contributed by atoms with van der Waals surface area (Å²) in [7, 11) is 0. The molecule has 1 aromatic heterocycles. The van der Waals surface area contributed by atoms with Crippen LogP contribution >= 0.6 is 0 Å². The second-order valence-corrected chi connectivity index (χ2v) is 7.41. The first kappa shape index (κ1) is 21.0. The number of amides is 2. The molecule has 1 N–H and O–H groups in total. The monoisotopic (exact) mass is 399 g/mol. The van der Waals surface area contributed by atoms with Gasteiger partial charge in [-0.15, -0.1) is 0 Å². The maximum atomic E-state index is 13.1. The third-order valence-corrected chi connectivity index (χ3v) is 5.04.